The Morgan fingerprint density at radius 1 is 1.27 bits per heavy atom. The molecule has 2 heterocycles. The topological polar surface area (TPSA) is 117 Å². The average Bonchev–Trinajstić information content (AvgIpc) is 3.23. The van der Waals surface area contributed by atoms with Crippen LogP contribution in [0.5, 0.6) is 0 Å². The van der Waals surface area contributed by atoms with E-state index in [4.69, 9.17) is 0 Å². The molecule has 2 amide bonds. The SMILES string of the molecule is CC(C)(CC(C#N)C(=O)N1CCC[C@@H](CC(=O)N[C@@H](Cc2ccccc2)B(O)O)C1)N1CCC(F)(F)C1. The van der Waals surface area contributed by atoms with Crippen LogP contribution in [-0.2, 0) is 16.0 Å². The van der Waals surface area contributed by atoms with E-state index in [0.29, 0.717) is 19.5 Å². The molecule has 1 unspecified atom stereocenters. The molecule has 2 fully saturated rings. The molecule has 0 bridgehead atoms. The zero-order chi connectivity index (χ0) is 27.2. The third kappa shape index (κ3) is 8.22. The summed E-state index contributed by atoms with van der Waals surface area (Å²) in [5, 5.41) is 31.9. The Morgan fingerprint density at radius 2 is 1.97 bits per heavy atom. The van der Waals surface area contributed by atoms with Crippen LogP contribution in [0.2, 0.25) is 0 Å². The highest BCUT2D eigenvalue weighted by Gasteiger charge is 2.45. The first-order valence-electron chi connectivity index (χ1n) is 12.9. The van der Waals surface area contributed by atoms with Gasteiger partial charge in [0, 0.05) is 38.0 Å². The molecule has 202 valence electrons. The quantitative estimate of drug-likeness (QED) is 0.408. The smallest absolute Gasteiger partial charge is 0.426 e. The van der Waals surface area contributed by atoms with Crippen molar-refractivity contribution in [3.05, 3.63) is 35.9 Å². The minimum absolute atomic E-state index is 0.118. The molecule has 3 atom stereocenters. The minimum atomic E-state index is -2.75. The molecule has 1 aromatic rings. The molecule has 37 heavy (non-hydrogen) atoms. The summed E-state index contributed by atoms with van der Waals surface area (Å²) in [5.41, 5.74) is 0.127. The highest BCUT2D eigenvalue weighted by molar-refractivity contribution is 6.43. The van der Waals surface area contributed by atoms with Crippen LogP contribution in [0.15, 0.2) is 30.3 Å². The number of carbonyl (C=O) groups is 2. The van der Waals surface area contributed by atoms with Crippen molar-refractivity contribution in [2.75, 3.05) is 26.2 Å². The van der Waals surface area contributed by atoms with E-state index in [1.165, 1.54) is 0 Å². The van der Waals surface area contributed by atoms with Crippen LogP contribution in [0.1, 0.15) is 51.5 Å². The van der Waals surface area contributed by atoms with Gasteiger partial charge < -0.3 is 20.3 Å². The Kier molecular flexibility index (Phi) is 9.67. The fraction of sp³-hybridized carbons (Fsp3) is 0.654. The van der Waals surface area contributed by atoms with Crippen molar-refractivity contribution in [2.45, 2.75) is 69.8 Å². The number of hydrogen-bond acceptors (Lipinski definition) is 6. The summed E-state index contributed by atoms with van der Waals surface area (Å²) in [4.78, 5) is 29.2. The van der Waals surface area contributed by atoms with Gasteiger partial charge in [-0.25, -0.2) is 8.78 Å². The van der Waals surface area contributed by atoms with Gasteiger partial charge in [0.1, 0.15) is 5.92 Å². The Hall–Kier alpha value is -2.55. The number of benzene rings is 1. The predicted octanol–water partition coefficient (Wildman–Crippen LogP) is 2.00. The van der Waals surface area contributed by atoms with Crippen molar-refractivity contribution >= 4 is 18.9 Å². The summed E-state index contributed by atoms with van der Waals surface area (Å²) in [6.07, 6.45) is 1.72. The second-order valence-corrected chi connectivity index (χ2v) is 11.0. The maximum Gasteiger partial charge on any atom is 0.475 e. The number of halogens is 2. The summed E-state index contributed by atoms with van der Waals surface area (Å²) in [6.45, 7) is 4.22. The first-order chi connectivity index (χ1) is 17.4. The van der Waals surface area contributed by atoms with E-state index < -0.39 is 30.4 Å². The van der Waals surface area contributed by atoms with E-state index in [1.54, 1.807) is 23.6 Å². The van der Waals surface area contributed by atoms with Crippen LogP contribution in [-0.4, -0.2) is 82.4 Å². The Labute approximate surface area is 217 Å². The number of hydrogen-bond donors (Lipinski definition) is 3. The first kappa shape index (κ1) is 29.0. The van der Waals surface area contributed by atoms with E-state index in [2.05, 4.69) is 11.4 Å². The van der Waals surface area contributed by atoms with E-state index in [9.17, 15) is 33.7 Å². The van der Waals surface area contributed by atoms with Crippen LogP contribution in [0.4, 0.5) is 8.78 Å². The number of amides is 2. The lowest BCUT2D eigenvalue weighted by molar-refractivity contribution is -0.137. The van der Waals surface area contributed by atoms with E-state index in [1.807, 2.05) is 30.3 Å². The standard InChI is InChI=1S/C26H37BF2N4O4/c1-25(2,33-12-10-26(28,29)18-33)15-21(16-30)24(35)32-11-6-9-20(17-32)14-23(34)31-22(27(36)37)13-19-7-4-3-5-8-19/h3-5,7-8,20-22,36-37H,6,9-15,17-18H2,1-2H3,(H,31,34)/t20-,21?,22-/m0/s1. The van der Waals surface area contributed by atoms with Gasteiger partial charge in [0.05, 0.1) is 18.6 Å². The van der Waals surface area contributed by atoms with Crippen LogP contribution in [0.25, 0.3) is 0 Å². The van der Waals surface area contributed by atoms with Gasteiger partial charge in [-0.2, -0.15) is 5.26 Å². The zero-order valence-corrected chi connectivity index (χ0v) is 21.6. The van der Waals surface area contributed by atoms with Crippen LogP contribution in [0.3, 0.4) is 0 Å². The lowest BCUT2D eigenvalue weighted by Gasteiger charge is -2.38. The molecule has 0 saturated carbocycles. The summed E-state index contributed by atoms with van der Waals surface area (Å²) in [7, 11) is -1.72. The summed E-state index contributed by atoms with van der Waals surface area (Å²) < 4.78 is 27.5. The molecule has 11 heteroatoms. The summed E-state index contributed by atoms with van der Waals surface area (Å²) in [5.74, 6) is -5.37. The van der Waals surface area contributed by atoms with Gasteiger partial charge >= 0.3 is 7.12 Å². The van der Waals surface area contributed by atoms with Gasteiger partial charge in [0.15, 0.2) is 0 Å². The van der Waals surface area contributed by atoms with Gasteiger partial charge in [-0.15, -0.1) is 0 Å². The average molecular weight is 518 g/mol. The Morgan fingerprint density at radius 3 is 2.57 bits per heavy atom. The van der Waals surface area contributed by atoms with Crippen molar-refractivity contribution in [1.29, 1.82) is 5.26 Å². The van der Waals surface area contributed by atoms with Crippen molar-refractivity contribution < 1.29 is 28.4 Å². The fourth-order valence-corrected chi connectivity index (χ4v) is 5.35. The largest absolute Gasteiger partial charge is 0.475 e. The van der Waals surface area contributed by atoms with E-state index in [0.717, 1.165) is 12.0 Å². The van der Waals surface area contributed by atoms with Gasteiger partial charge in [-0.05, 0) is 51.0 Å². The molecule has 8 nitrogen and oxygen atoms in total. The molecule has 0 aromatic heterocycles. The van der Waals surface area contributed by atoms with Crippen molar-refractivity contribution in [1.82, 2.24) is 15.1 Å². The van der Waals surface area contributed by atoms with Crippen molar-refractivity contribution in [2.24, 2.45) is 11.8 Å². The number of rotatable bonds is 10. The molecule has 1 aromatic carbocycles. The zero-order valence-electron chi connectivity index (χ0n) is 21.6. The van der Waals surface area contributed by atoms with Crippen LogP contribution in [0, 0.1) is 23.2 Å². The lowest BCUT2D eigenvalue weighted by Crippen LogP contribution is -2.50. The van der Waals surface area contributed by atoms with Gasteiger partial charge in [-0.3, -0.25) is 14.5 Å². The molecule has 0 spiro atoms. The van der Waals surface area contributed by atoms with Crippen LogP contribution < -0.4 is 5.32 Å². The second kappa shape index (κ2) is 12.3. The van der Waals surface area contributed by atoms with Crippen molar-refractivity contribution in [3.63, 3.8) is 0 Å². The Balaban J connectivity index is 1.55. The molecule has 0 radical (unpaired) electrons. The predicted molar refractivity (Wildman–Crippen MR) is 135 cm³/mol. The molecule has 3 rings (SSSR count). The van der Waals surface area contributed by atoms with Crippen molar-refractivity contribution in [3.8, 4) is 6.07 Å². The molecular formula is C26H37BF2N4O4. The molecule has 2 saturated heterocycles. The lowest BCUT2D eigenvalue weighted by atomic mass is 9.75. The second-order valence-electron chi connectivity index (χ2n) is 11.0. The molecule has 0 aliphatic carbocycles. The summed E-state index contributed by atoms with van der Waals surface area (Å²) in [6, 6.07) is 11.3. The highest BCUT2D eigenvalue weighted by Crippen LogP contribution is 2.35. The number of likely N-dealkylation sites (tertiary alicyclic amines) is 2. The number of nitrogens with zero attached hydrogens (tertiary/aromatic N) is 3. The van der Waals surface area contributed by atoms with Gasteiger partial charge in [0.25, 0.3) is 5.92 Å². The van der Waals surface area contributed by atoms with E-state index in [-0.39, 0.29) is 56.5 Å². The maximum absolute atomic E-state index is 13.7. The van der Waals surface area contributed by atoms with E-state index >= 15 is 0 Å². The maximum atomic E-state index is 13.7. The van der Waals surface area contributed by atoms with Gasteiger partial charge in [-0.1, -0.05) is 30.3 Å². The molecule has 2 aliphatic rings. The number of nitrogens with one attached hydrogen (secondary N) is 1. The molecule has 3 N–H and O–H groups in total. The van der Waals surface area contributed by atoms with Gasteiger partial charge in [0.2, 0.25) is 11.8 Å². The number of carbonyl (C=O) groups excluding carboxylic acids is 2. The monoisotopic (exact) mass is 518 g/mol. The number of alkyl halides is 2. The molecule has 2 aliphatic heterocycles. The normalized spacial score (nSPS) is 21.6. The third-order valence-electron chi connectivity index (χ3n) is 7.49. The fourth-order valence-electron chi connectivity index (χ4n) is 5.35. The first-order valence-corrected chi connectivity index (χ1v) is 12.9. The minimum Gasteiger partial charge on any atom is -0.426 e. The third-order valence-corrected chi connectivity index (χ3v) is 7.49. The summed E-state index contributed by atoms with van der Waals surface area (Å²) >= 11 is 0. The Bertz CT molecular complexity index is 973. The number of nitriles is 1. The molecular weight excluding hydrogens is 481 g/mol. The number of piperidine rings is 1. The highest BCUT2D eigenvalue weighted by atomic mass is 19.3. The van der Waals surface area contributed by atoms with Crippen LogP contribution >= 0.6 is 0 Å².